The zero-order chi connectivity index (χ0) is 46.4. The molecule has 0 bridgehead atoms. The van der Waals surface area contributed by atoms with Crippen LogP contribution in [0.5, 0.6) is 0 Å². The molecule has 0 aromatic heterocycles. The summed E-state index contributed by atoms with van der Waals surface area (Å²) in [7, 11) is 0. The van der Waals surface area contributed by atoms with Gasteiger partial charge in [-0.15, -0.1) is 0 Å². The Kier molecular flexibility index (Phi) is 13.4. The van der Waals surface area contributed by atoms with Crippen molar-refractivity contribution in [2.75, 3.05) is 0 Å². The van der Waals surface area contributed by atoms with Gasteiger partial charge in [0.25, 0.3) is 0 Å². The van der Waals surface area contributed by atoms with Crippen molar-refractivity contribution in [2.45, 2.75) is 220 Å². The second-order valence-electron chi connectivity index (χ2n) is 27.4. The number of rotatable bonds is 4. The molecule has 3 heteroatoms. The van der Waals surface area contributed by atoms with Crippen LogP contribution in [-0.4, -0.2) is 0 Å². The molecular weight excluding hydrogens is 994 g/mol. The second kappa shape index (κ2) is 16.8. The average molecular weight is 1080 g/mol. The van der Waals surface area contributed by atoms with Gasteiger partial charge in [0.05, 0.1) is 0 Å². The van der Waals surface area contributed by atoms with Gasteiger partial charge in [0, 0.05) is 0 Å². The van der Waals surface area contributed by atoms with Gasteiger partial charge >= 0.3 is 400 Å². The zero-order valence-electron chi connectivity index (χ0n) is 44.3. The summed E-state index contributed by atoms with van der Waals surface area (Å²) in [6, 6.07) is 26.4. The molecule has 0 nitrogen and oxygen atoms in total. The number of hydrogen-bond donors (Lipinski definition) is 0. The van der Waals surface area contributed by atoms with Crippen LogP contribution in [0, 0.1) is 0 Å². The van der Waals surface area contributed by atoms with Gasteiger partial charge in [-0.05, 0) is 0 Å². The average Bonchev–Trinajstić information content (AvgIpc) is 3.70. The van der Waals surface area contributed by atoms with Crippen LogP contribution in [0.4, 0.5) is 0 Å². The van der Waals surface area contributed by atoms with Gasteiger partial charge in [-0.25, -0.2) is 0 Å². The van der Waals surface area contributed by atoms with Crippen molar-refractivity contribution in [3.63, 3.8) is 0 Å². The predicted molar refractivity (Wildman–Crippen MR) is 272 cm³/mol. The van der Waals surface area contributed by atoms with Crippen LogP contribution in [0.25, 0.3) is 17.8 Å². The molecule has 0 atom stereocenters. The number of hydrogen-bond acceptors (Lipinski definition) is 0. The van der Waals surface area contributed by atoms with Crippen molar-refractivity contribution in [2.24, 2.45) is 0 Å². The van der Waals surface area contributed by atoms with Crippen LogP contribution in [0.2, 0.25) is 0 Å². The molecule has 0 amide bonds. The zero-order valence-corrected chi connectivity index (χ0v) is 49.4. The number of allylic oxidation sites excluding steroid dienone is 2. The van der Waals surface area contributed by atoms with E-state index < -0.39 is 22.9 Å². The molecule has 0 heterocycles. The molecule has 0 N–H and O–H groups in total. The van der Waals surface area contributed by atoms with Crippen LogP contribution < -0.4 is 24.8 Å². The maximum absolute atomic E-state index is 2.76. The summed E-state index contributed by atoms with van der Waals surface area (Å²) in [5, 5.41) is 0. The number of halogens is 2. The maximum Gasteiger partial charge on any atom is -1.00 e. The fourth-order valence-corrected chi connectivity index (χ4v) is 17.5. The third kappa shape index (κ3) is 9.59. The Bertz CT molecular complexity index is 2360. The first-order chi connectivity index (χ1) is 28.7. The van der Waals surface area contributed by atoms with Crippen LogP contribution in [0.15, 0.2) is 60.7 Å². The van der Waals surface area contributed by atoms with Crippen LogP contribution in [-0.2, 0) is 79.1 Å². The van der Waals surface area contributed by atoms with E-state index in [9.17, 15) is 0 Å². The smallest absolute Gasteiger partial charge is 1.00 e. The fourth-order valence-electron chi connectivity index (χ4n) is 11.2. The summed E-state index contributed by atoms with van der Waals surface area (Å²) in [5.41, 5.74) is 25.7. The largest absolute Gasteiger partial charge is 1.00 e. The Balaban J connectivity index is 0.00000350. The normalized spacial score (nSPS) is 19.4. The van der Waals surface area contributed by atoms with Crippen molar-refractivity contribution < 1.29 is 47.7 Å². The van der Waals surface area contributed by atoms with Crippen molar-refractivity contribution in [3.05, 3.63) is 139 Å². The third-order valence-corrected chi connectivity index (χ3v) is 22.2. The van der Waals surface area contributed by atoms with E-state index in [4.69, 9.17) is 0 Å². The molecule has 8 rings (SSSR count). The third-order valence-electron chi connectivity index (χ3n) is 16.3. The Morgan fingerprint density at radius 1 is 0.354 bits per heavy atom. The van der Waals surface area contributed by atoms with E-state index in [1.165, 1.54) is 59.1 Å². The van der Waals surface area contributed by atoms with Crippen molar-refractivity contribution in [1.82, 2.24) is 0 Å². The molecule has 4 aliphatic carbocycles. The van der Waals surface area contributed by atoms with Crippen LogP contribution in [0.3, 0.4) is 0 Å². The van der Waals surface area contributed by atoms with E-state index in [-0.39, 0.29) is 68.1 Å². The summed E-state index contributed by atoms with van der Waals surface area (Å²) in [4.78, 5) is 0. The van der Waals surface area contributed by atoms with Gasteiger partial charge in [-0.3, -0.25) is 0 Å². The molecule has 4 aliphatic rings. The van der Waals surface area contributed by atoms with Crippen molar-refractivity contribution >= 4 is 17.8 Å². The summed E-state index contributed by atoms with van der Waals surface area (Å²) in [5.74, 6) is 0. The summed E-state index contributed by atoms with van der Waals surface area (Å²) >= 11 is -1.83. The number of fused-ring (bicyclic) bond motifs is 4. The van der Waals surface area contributed by atoms with Gasteiger partial charge in [0.2, 0.25) is 0 Å². The molecule has 65 heavy (non-hydrogen) atoms. The first-order valence-corrected chi connectivity index (χ1v) is 28.2. The van der Waals surface area contributed by atoms with Crippen LogP contribution >= 0.6 is 0 Å². The minimum Gasteiger partial charge on any atom is -1.00 e. The first kappa shape index (κ1) is 52.2. The minimum absolute atomic E-state index is 0. The predicted octanol–water partition coefficient (Wildman–Crippen LogP) is 11.2. The monoisotopic (exact) mass is 1080 g/mol. The molecule has 0 radical (unpaired) electrons. The van der Waals surface area contributed by atoms with Crippen molar-refractivity contribution in [3.8, 4) is 0 Å². The Hall–Kier alpha value is -2.19. The molecule has 0 saturated heterocycles. The standard InChI is InChI=1S/2C31H41.2ClH.Hf/c2*1-28(2,3)24-15-23(16-25(19-24)29(4,5)6)20-13-21-17-26-27(18-22(21)14-20)31(9,10)12-11-30(26,7)8;;;/h2*15-19H,11-13H2,1-10H3;2*1H;/q;;;;+2/p-2. The van der Waals surface area contributed by atoms with E-state index >= 15 is 0 Å². The molecule has 0 fully saturated rings. The molecule has 4 aromatic rings. The van der Waals surface area contributed by atoms with Gasteiger partial charge in [0.1, 0.15) is 0 Å². The molecule has 0 spiro atoms. The van der Waals surface area contributed by atoms with E-state index in [1.807, 2.05) is 0 Å². The SMILES string of the molecule is CC(C)(C)c1cc(C2=[C]([Hf+2][C]3=C(c4cc(C(C)(C)C)cc(C(C)(C)C)c4)Cc4cc5c(cc43)C(C)(C)CCC5(C)C)c3cc4c(cc3C2)C(C)(C)CCC4(C)C)cc(C(C)(C)C)c1.[Cl-].[Cl-]. The molecule has 0 unspecified atom stereocenters. The Labute approximate surface area is 421 Å². The Morgan fingerprint density at radius 2 is 0.600 bits per heavy atom. The van der Waals surface area contributed by atoms with Gasteiger partial charge < -0.3 is 24.8 Å². The molecule has 4 aromatic carbocycles. The minimum atomic E-state index is -1.83. The molecule has 0 aliphatic heterocycles. The van der Waals surface area contributed by atoms with Crippen molar-refractivity contribution in [1.29, 1.82) is 0 Å². The quantitative estimate of drug-likeness (QED) is 0.179. The van der Waals surface area contributed by atoms with Gasteiger partial charge in [-0.2, -0.15) is 0 Å². The Morgan fingerprint density at radius 3 is 0.846 bits per heavy atom. The molecule has 0 saturated carbocycles. The summed E-state index contributed by atoms with van der Waals surface area (Å²) in [6.45, 7) is 49.0. The van der Waals surface area contributed by atoms with E-state index in [0.717, 1.165) is 12.8 Å². The summed E-state index contributed by atoms with van der Waals surface area (Å²) < 4.78 is 3.50. The molecule has 348 valence electrons. The van der Waals surface area contributed by atoms with E-state index in [2.05, 4.69) is 199 Å². The summed E-state index contributed by atoms with van der Waals surface area (Å²) in [6.07, 6.45) is 7.04. The fraction of sp³-hybridized carbons (Fsp3) is 0.548. The topological polar surface area (TPSA) is 0 Å². The van der Waals surface area contributed by atoms with E-state index in [1.54, 1.807) is 62.3 Å². The number of benzene rings is 4. The van der Waals surface area contributed by atoms with Gasteiger partial charge in [0.15, 0.2) is 0 Å². The second-order valence-corrected chi connectivity index (χ2v) is 31.9. The molecular formula is C62H82Cl2Hf. The maximum atomic E-state index is 2.76. The first-order valence-electron chi connectivity index (χ1n) is 24.6. The van der Waals surface area contributed by atoms with Gasteiger partial charge in [-0.1, -0.05) is 0 Å². The van der Waals surface area contributed by atoms with Crippen LogP contribution in [0.1, 0.15) is 242 Å². The van der Waals surface area contributed by atoms with E-state index in [0.29, 0.717) is 0 Å².